The number of nitrogens with one attached hydrogen (secondary N) is 1. The molecule has 1 rings (SSSR count). The van der Waals surface area contributed by atoms with Gasteiger partial charge in [0.15, 0.2) is 11.8 Å². The van der Waals surface area contributed by atoms with Crippen LogP contribution < -0.4 is 11.1 Å². The number of unbranched alkanes of at least 4 members (excludes halogenated alkanes) is 5. The van der Waals surface area contributed by atoms with E-state index >= 15 is 0 Å². The molecule has 0 saturated carbocycles. The summed E-state index contributed by atoms with van der Waals surface area (Å²) >= 11 is 0. The molecule has 0 fully saturated rings. The number of aliphatic imine (C=N–C) groups is 1. The molecule has 0 aliphatic rings. The highest BCUT2D eigenvalue weighted by Gasteiger charge is 1.97. The quantitative estimate of drug-likeness (QED) is 0.291. The summed E-state index contributed by atoms with van der Waals surface area (Å²) in [5.74, 6) is 1.16. The molecule has 116 valence electrons. The molecule has 1 aromatic heterocycles. The van der Waals surface area contributed by atoms with Gasteiger partial charge in [-0.05, 0) is 6.42 Å². The number of nitrogens with zero attached hydrogens (tertiary/aromatic N) is 4. The molecule has 0 aliphatic heterocycles. The Morgan fingerprint density at radius 1 is 1.30 bits per heavy atom. The van der Waals surface area contributed by atoms with E-state index in [0.717, 1.165) is 13.0 Å². The van der Waals surface area contributed by atoms with Crippen LogP contribution in [0.3, 0.4) is 0 Å². The molecule has 7 heteroatoms. The molecule has 0 aliphatic carbocycles. The Balaban J connectivity index is 0.00000361. The first-order valence-electron chi connectivity index (χ1n) is 7.10. The van der Waals surface area contributed by atoms with E-state index in [1.807, 2.05) is 7.05 Å². The van der Waals surface area contributed by atoms with Crippen molar-refractivity contribution in [3.8, 4) is 0 Å². The lowest BCUT2D eigenvalue weighted by atomic mass is 10.1. The van der Waals surface area contributed by atoms with Crippen molar-refractivity contribution in [3.05, 3.63) is 12.2 Å². The molecule has 6 nitrogen and oxygen atoms in total. The molecule has 0 radical (unpaired) electrons. The predicted molar refractivity (Wildman–Crippen MR) is 93.1 cm³/mol. The number of hydrogen-bond acceptors (Lipinski definition) is 3. The number of rotatable bonds is 9. The van der Waals surface area contributed by atoms with Crippen LogP contribution >= 0.6 is 24.0 Å². The largest absolute Gasteiger partial charge is 0.370 e. The van der Waals surface area contributed by atoms with Crippen LogP contribution in [0.2, 0.25) is 0 Å². The SMILES string of the molecule is CCCCCCCCNC(N)=NCc1ncn(C)n1.I. The average molecular weight is 394 g/mol. The van der Waals surface area contributed by atoms with Crippen molar-refractivity contribution >= 4 is 29.9 Å². The van der Waals surface area contributed by atoms with Crippen LogP contribution in [0.25, 0.3) is 0 Å². The van der Waals surface area contributed by atoms with E-state index < -0.39 is 0 Å². The van der Waals surface area contributed by atoms with Gasteiger partial charge in [-0.15, -0.1) is 24.0 Å². The third-order valence-electron chi connectivity index (χ3n) is 2.87. The smallest absolute Gasteiger partial charge is 0.189 e. The topological polar surface area (TPSA) is 81.1 Å². The summed E-state index contributed by atoms with van der Waals surface area (Å²) in [5, 5.41) is 7.25. The normalized spacial score (nSPS) is 11.2. The van der Waals surface area contributed by atoms with Gasteiger partial charge < -0.3 is 11.1 Å². The molecule has 20 heavy (non-hydrogen) atoms. The maximum absolute atomic E-state index is 5.77. The van der Waals surface area contributed by atoms with Crippen molar-refractivity contribution in [2.45, 2.75) is 52.0 Å². The molecule has 1 heterocycles. The van der Waals surface area contributed by atoms with E-state index in [0.29, 0.717) is 18.3 Å². The van der Waals surface area contributed by atoms with Crippen LogP contribution in [0.1, 0.15) is 51.3 Å². The first kappa shape index (κ1) is 19.1. The Morgan fingerprint density at radius 2 is 2.00 bits per heavy atom. The lowest BCUT2D eigenvalue weighted by Crippen LogP contribution is -2.32. The molecule has 0 saturated heterocycles. The zero-order valence-corrected chi connectivity index (χ0v) is 14.8. The van der Waals surface area contributed by atoms with Crippen molar-refractivity contribution in [1.29, 1.82) is 0 Å². The molecule has 0 atom stereocenters. The summed E-state index contributed by atoms with van der Waals surface area (Å²) in [6.07, 6.45) is 9.33. The van der Waals surface area contributed by atoms with Crippen LogP contribution in [0, 0.1) is 0 Å². The number of hydrogen-bond donors (Lipinski definition) is 2. The predicted octanol–water partition coefficient (Wildman–Crippen LogP) is 2.20. The van der Waals surface area contributed by atoms with Gasteiger partial charge in [-0.25, -0.2) is 9.98 Å². The summed E-state index contributed by atoms with van der Waals surface area (Å²) in [6, 6.07) is 0. The van der Waals surface area contributed by atoms with Gasteiger partial charge in [0.05, 0.1) is 0 Å². The van der Waals surface area contributed by atoms with Gasteiger partial charge in [0.2, 0.25) is 0 Å². The maximum Gasteiger partial charge on any atom is 0.189 e. The number of aryl methyl sites for hydroxylation is 1. The van der Waals surface area contributed by atoms with Gasteiger partial charge >= 0.3 is 0 Å². The molecule has 0 amide bonds. The number of aromatic nitrogens is 3. The fourth-order valence-electron chi connectivity index (χ4n) is 1.79. The van der Waals surface area contributed by atoms with E-state index in [-0.39, 0.29) is 24.0 Å². The first-order chi connectivity index (χ1) is 9.22. The van der Waals surface area contributed by atoms with E-state index in [2.05, 4.69) is 27.3 Å². The Morgan fingerprint density at radius 3 is 2.65 bits per heavy atom. The number of guanidine groups is 1. The van der Waals surface area contributed by atoms with E-state index in [4.69, 9.17) is 5.73 Å². The summed E-state index contributed by atoms with van der Waals surface area (Å²) < 4.78 is 1.66. The third kappa shape index (κ3) is 9.11. The highest BCUT2D eigenvalue weighted by Crippen LogP contribution is 2.03. The van der Waals surface area contributed by atoms with Crippen molar-refractivity contribution in [1.82, 2.24) is 20.1 Å². The standard InChI is InChI=1S/C13H26N6.HI/c1-3-4-5-6-7-8-9-15-13(14)16-10-12-17-11-19(2)18-12;/h11H,3-10H2,1-2H3,(H3,14,15,16);1H. The van der Waals surface area contributed by atoms with Crippen LogP contribution in [-0.4, -0.2) is 27.3 Å². The minimum atomic E-state index is 0. The fourth-order valence-corrected chi connectivity index (χ4v) is 1.79. The molecular weight excluding hydrogens is 367 g/mol. The Bertz CT molecular complexity index is 377. The second kappa shape index (κ2) is 11.9. The van der Waals surface area contributed by atoms with Crippen LogP contribution in [0.4, 0.5) is 0 Å². The summed E-state index contributed by atoms with van der Waals surface area (Å²) in [4.78, 5) is 8.29. The monoisotopic (exact) mass is 394 g/mol. The second-order valence-electron chi connectivity index (χ2n) is 4.73. The van der Waals surface area contributed by atoms with E-state index in [1.165, 1.54) is 32.1 Å². The number of halogens is 1. The fraction of sp³-hybridized carbons (Fsp3) is 0.769. The lowest BCUT2D eigenvalue weighted by molar-refractivity contribution is 0.601. The Kier molecular flexibility index (Phi) is 11.4. The van der Waals surface area contributed by atoms with Gasteiger partial charge in [-0.3, -0.25) is 4.68 Å². The van der Waals surface area contributed by atoms with Crippen molar-refractivity contribution < 1.29 is 0 Å². The van der Waals surface area contributed by atoms with Crippen molar-refractivity contribution in [2.24, 2.45) is 17.8 Å². The highest BCUT2D eigenvalue weighted by molar-refractivity contribution is 14.0. The zero-order valence-electron chi connectivity index (χ0n) is 12.5. The first-order valence-corrected chi connectivity index (χ1v) is 7.10. The van der Waals surface area contributed by atoms with Gasteiger partial charge in [-0.2, -0.15) is 5.10 Å². The van der Waals surface area contributed by atoms with Gasteiger partial charge in [0.25, 0.3) is 0 Å². The zero-order chi connectivity index (χ0) is 13.9. The Labute approximate surface area is 138 Å². The van der Waals surface area contributed by atoms with E-state index in [1.54, 1.807) is 11.0 Å². The van der Waals surface area contributed by atoms with E-state index in [9.17, 15) is 0 Å². The minimum absolute atomic E-state index is 0. The molecule has 0 spiro atoms. The third-order valence-corrected chi connectivity index (χ3v) is 2.87. The molecule has 1 aromatic rings. The van der Waals surface area contributed by atoms with Crippen LogP contribution in [0.15, 0.2) is 11.3 Å². The molecule has 0 aromatic carbocycles. The summed E-state index contributed by atoms with van der Waals surface area (Å²) in [7, 11) is 1.83. The van der Waals surface area contributed by atoms with Gasteiger partial charge in [0, 0.05) is 13.6 Å². The minimum Gasteiger partial charge on any atom is -0.370 e. The summed E-state index contributed by atoms with van der Waals surface area (Å²) in [6.45, 7) is 3.54. The van der Waals surface area contributed by atoms with Gasteiger partial charge in [0.1, 0.15) is 12.9 Å². The molecule has 0 unspecified atom stereocenters. The van der Waals surface area contributed by atoms with Crippen LogP contribution in [0.5, 0.6) is 0 Å². The van der Waals surface area contributed by atoms with Crippen LogP contribution in [-0.2, 0) is 13.6 Å². The Hall–Kier alpha value is -0.860. The molecule has 0 bridgehead atoms. The highest BCUT2D eigenvalue weighted by atomic mass is 127. The number of nitrogens with two attached hydrogens (primary N) is 1. The molecular formula is C13H27IN6. The lowest BCUT2D eigenvalue weighted by Gasteiger charge is -2.04. The molecule has 3 N–H and O–H groups in total. The van der Waals surface area contributed by atoms with Gasteiger partial charge in [-0.1, -0.05) is 39.0 Å². The second-order valence-corrected chi connectivity index (χ2v) is 4.73. The summed E-state index contributed by atoms with van der Waals surface area (Å²) in [5.41, 5.74) is 5.77. The van der Waals surface area contributed by atoms with Crippen molar-refractivity contribution in [2.75, 3.05) is 6.54 Å². The van der Waals surface area contributed by atoms with Crippen molar-refractivity contribution in [3.63, 3.8) is 0 Å². The maximum atomic E-state index is 5.77. The average Bonchev–Trinajstić information content (AvgIpc) is 2.81.